The summed E-state index contributed by atoms with van der Waals surface area (Å²) in [5.41, 5.74) is 1.86. The van der Waals surface area contributed by atoms with Crippen LogP contribution < -0.4 is 0 Å². The first-order valence-corrected chi connectivity index (χ1v) is 9.30. The maximum absolute atomic E-state index is 13.1. The molecule has 3 rings (SSSR count). The number of benzene rings is 1. The number of aromatic nitrogens is 2. The fraction of sp³-hybridized carbons (Fsp3) is 0.526. The highest BCUT2D eigenvalue weighted by Gasteiger charge is 2.35. The minimum atomic E-state index is -0.393. The SMILES string of the molecule is CCCC[C@H](CN(O)C=O)C(=O)N1CCC[C@H]1c1nc2ccccc2[nH]1. The summed E-state index contributed by atoms with van der Waals surface area (Å²) in [5.74, 6) is 0.403. The second-order valence-electron chi connectivity index (χ2n) is 6.90. The molecule has 0 bridgehead atoms. The van der Waals surface area contributed by atoms with E-state index in [0.717, 1.165) is 42.5 Å². The van der Waals surface area contributed by atoms with E-state index in [-0.39, 0.29) is 18.5 Å². The maximum atomic E-state index is 13.1. The molecule has 7 heteroatoms. The number of rotatable bonds is 8. The molecule has 7 nitrogen and oxygen atoms in total. The van der Waals surface area contributed by atoms with Gasteiger partial charge < -0.3 is 9.88 Å². The van der Waals surface area contributed by atoms with Crippen molar-refractivity contribution in [2.75, 3.05) is 13.1 Å². The Bertz CT molecular complexity index is 727. The lowest BCUT2D eigenvalue weighted by Crippen LogP contribution is -2.40. The summed E-state index contributed by atoms with van der Waals surface area (Å²) >= 11 is 0. The largest absolute Gasteiger partial charge is 0.340 e. The molecule has 1 aromatic heterocycles. The first-order chi connectivity index (χ1) is 12.6. The molecule has 2 aromatic rings. The van der Waals surface area contributed by atoms with E-state index in [0.29, 0.717) is 24.4 Å². The number of nitrogens with zero attached hydrogens (tertiary/aromatic N) is 3. The van der Waals surface area contributed by atoms with Crippen LogP contribution in [-0.2, 0) is 9.59 Å². The van der Waals surface area contributed by atoms with Gasteiger partial charge in [-0.15, -0.1) is 0 Å². The van der Waals surface area contributed by atoms with Crippen LogP contribution in [0.1, 0.15) is 50.9 Å². The van der Waals surface area contributed by atoms with Crippen molar-refractivity contribution >= 4 is 23.4 Å². The van der Waals surface area contributed by atoms with Crippen LogP contribution in [0.3, 0.4) is 0 Å². The van der Waals surface area contributed by atoms with Crippen molar-refractivity contribution in [3.05, 3.63) is 30.1 Å². The van der Waals surface area contributed by atoms with Gasteiger partial charge in [0.1, 0.15) is 5.82 Å². The first-order valence-electron chi connectivity index (χ1n) is 9.30. The minimum Gasteiger partial charge on any atom is -0.340 e. The fourth-order valence-corrected chi connectivity index (χ4v) is 3.69. The number of H-pyrrole nitrogens is 1. The van der Waals surface area contributed by atoms with E-state index in [9.17, 15) is 14.8 Å². The molecule has 1 fully saturated rings. The van der Waals surface area contributed by atoms with Crippen molar-refractivity contribution in [3.63, 3.8) is 0 Å². The van der Waals surface area contributed by atoms with Gasteiger partial charge in [0.2, 0.25) is 12.3 Å². The molecule has 2 heterocycles. The van der Waals surface area contributed by atoms with Crippen LogP contribution in [0, 0.1) is 5.92 Å². The molecule has 0 saturated carbocycles. The molecule has 2 N–H and O–H groups in total. The van der Waals surface area contributed by atoms with Crippen LogP contribution in [0.15, 0.2) is 24.3 Å². The first kappa shape index (κ1) is 18.4. The van der Waals surface area contributed by atoms with Gasteiger partial charge in [0.25, 0.3) is 0 Å². The zero-order valence-corrected chi connectivity index (χ0v) is 15.1. The van der Waals surface area contributed by atoms with Crippen molar-refractivity contribution < 1.29 is 14.8 Å². The van der Waals surface area contributed by atoms with Gasteiger partial charge >= 0.3 is 0 Å². The summed E-state index contributed by atoms with van der Waals surface area (Å²) in [4.78, 5) is 33.8. The lowest BCUT2D eigenvalue weighted by molar-refractivity contribution is -0.157. The van der Waals surface area contributed by atoms with E-state index in [1.54, 1.807) is 0 Å². The monoisotopic (exact) mass is 358 g/mol. The Morgan fingerprint density at radius 2 is 2.31 bits per heavy atom. The molecule has 26 heavy (non-hydrogen) atoms. The number of hydroxylamine groups is 2. The van der Waals surface area contributed by atoms with Gasteiger partial charge in [0.15, 0.2) is 0 Å². The number of hydrogen-bond acceptors (Lipinski definition) is 4. The third-order valence-electron chi connectivity index (χ3n) is 5.04. The molecule has 1 aliphatic rings. The molecule has 2 amide bonds. The van der Waals surface area contributed by atoms with Gasteiger partial charge in [-0.05, 0) is 31.4 Å². The zero-order valence-electron chi connectivity index (χ0n) is 15.1. The van der Waals surface area contributed by atoms with Crippen molar-refractivity contribution in [2.45, 2.75) is 45.1 Å². The average Bonchev–Trinajstić information content (AvgIpc) is 3.30. The van der Waals surface area contributed by atoms with Crippen molar-refractivity contribution in [1.82, 2.24) is 19.9 Å². The Balaban J connectivity index is 1.80. The number of carbonyl (C=O) groups is 2. The smallest absolute Gasteiger partial charge is 0.233 e. The van der Waals surface area contributed by atoms with Crippen LogP contribution in [-0.4, -0.2) is 50.5 Å². The highest BCUT2D eigenvalue weighted by Crippen LogP contribution is 2.33. The predicted octanol–water partition coefficient (Wildman–Crippen LogP) is 2.88. The minimum absolute atomic E-state index is 0.0118. The summed E-state index contributed by atoms with van der Waals surface area (Å²) in [6.07, 6.45) is 4.64. The number of imidazole rings is 1. The van der Waals surface area contributed by atoms with E-state index in [4.69, 9.17) is 0 Å². The summed E-state index contributed by atoms with van der Waals surface area (Å²) in [7, 11) is 0. The summed E-state index contributed by atoms with van der Waals surface area (Å²) < 4.78 is 0. The van der Waals surface area contributed by atoms with Crippen LogP contribution in [0.4, 0.5) is 0 Å². The number of amides is 2. The lowest BCUT2D eigenvalue weighted by Gasteiger charge is -2.29. The van der Waals surface area contributed by atoms with E-state index < -0.39 is 5.92 Å². The third-order valence-corrected chi connectivity index (χ3v) is 5.04. The molecule has 1 aliphatic heterocycles. The molecule has 0 aliphatic carbocycles. The van der Waals surface area contributed by atoms with Gasteiger partial charge in [-0.2, -0.15) is 0 Å². The Labute approximate surface area is 153 Å². The van der Waals surface area contributed by atoms with E-state index in [1.807, 2.05) is 29.2 Å². The van der Waals surface area contributed by atoms with E-state index in [2.05, 4.69) is 16.9 Å². The van der Waals surface area contributed by atoms with E-state index >= 15 is 0 Å². The Kier molecular flexibility index (Phi) is 5.88. The fourth-order valence-electron chi connectivity index (χ4n) is 3.69. The number of carbonyl (C=O) groups excluding carboxylic acids is 2. The quantitative estimate of drug-likeness (QED) is 0.431. The van der Waals surface area contributed by atoms with E-state index in [1.165, 1.54) is 0 Å². The Morgan fingerprint density at radius 1 is 1.50 bits per heavy atom. The van der Waals surface area contributed by atoms with Crippen LogP contribution in [0.25, 0.3) is 11.0 Å². The average molecular weight is 358 g/mol. The standard InChI is InChI=1S/C19H26N4O3/c1-2-3-7-14(12-22(26)13-24)19(25)23-11-6-10-17(23)18-20-15-8-4-5-9-16(15)21-18/h4-5,8-9,13-14,17,26H,2-3,6-7,10-12H2,1H3,(H,20,21)/t14-,17+/m1/s1. The predicted molar refractivity (Wildman–Crippen MR) is 97.4 cm³/mol. The van der Waals surface area contributed by atoms with Crippen LogP contribution in [0.5, 0.6) is 0 Å². The number of aromatic amines is 1. The van der Waals surface area contributed by atoms with Gasteiger partial charge in [0.05, 0.1) is 29.5 Å². The van der Waals surface area contributed by atoms with Gasteiger partial charge in [-0.25, -0.2) is 10.0 Å². The molecule has 2 atom stereocenters. The number of para-hydroxylation sites is 2. The second-order valence-corrected chi connectivity index (χ2v) is 6.90. The molecule has 1 saturated heterocycles. The van der Waals surface area contributed by atoms with Crippen molar-refractivity contribution in [1.29, 1.82) is 0 Å². The zero-order chi connectivity index (χ0) is 18.5. The third kappa shape index (κ3) is 3.88. The molecule has 0 radical (unpaired) electrons. The summed E-state index contributed by atoms with van der Waals surface area (Å²) in [6, 6.07) is 7.75. The molecule has 140 valence electrons. The highest BCUT2D eigenvalue weighted by atomic mass is 16.5. The molecular weight excluding hydrogens is 332 g/mol. The maximum Gasteiger partial charge on any atom is 0.233 e. The lowest BCUT2D eigenvalue weighted by atomic mass is 9.99. The van der Waals surface area contributed by atoms with Gasteiger partial charge in [-0.3, -0.25) is 14.8 Å². The Hall–Kier alpha value is -2.41. The molecule has 0 spiro atoms. The van der Waals surface area contributed by atoms with Gasteiger partial charge in [0, 0.05) is 6.54 Å². The summed E-state index contributed by atoms with van der Waals surface area (Å²) in [5, 5.41) is 10.1. The number of fused-ring (bicyclic) bond motifs is 1. The number of unbranched alkanes of at least 4 members (excludes halogenated alkanes) is 1. The molecular formula is C19H26N4O3. The number of nitrogens with one attached hydrogen (secondary N) is 1. The second kappa shape index (κ2) is 8.31. The summed E-state index contributed by atoms with van der Waals surface area (Å²) in [6.45, 7) is 2.77. The number of likely N-dealkylation sites (tertiary alicyclic amines) is 1. The van der Waals surface area contributed by atoms with Crippen LogP contribution in [0.2, 0.25) is 0 Å². The topological polar surface area (TPSA) is 89.5 Å². The Morgan fingerprint density at radius 3 is 3.04 bits per heavy atom. The normalized spacial score (nSPS) is 18.2. The molecule has 1 aromatic carbocycles. The van der Waals surface area contributed by atoms with Crippen molar-refractivity contribution in [3.8, 4) is 0 Å². The highest BCUT2D eigenvalue weighted by molar-refractivity contribution is 5.80. The van der Waals surface area contributed by atoms with Crippen molar-refractivity contribution in [2.24, 2.45) is 5.92 Å². The molecule has 0 unspecified atom stereocenters. The van der Waals surface area contributed by atoms with Gasteiger partial charge in [-0.1, -0.05) is 31.9 Å². The number of hydrogen-bond donors (Lipinski definition) is 2. The van der Waals surface area contributed by atoms with Crippen LogP contribution >= 0.6 is 0 Å².